The topological polar surface area (TPSA) is 91.8 Å². The Morgan fingerprint density at radius 3 is 2.85 bits per heavy atom. The molecule has 7 heteroatoms. The van der Waals surface area contributed by atoms with Crippen LogP contribution in [0.3, 0.4) is 0 Å². The van der Waals surface area contributed by atoms with Crippen LogP contribution < -0.4 is 5.32 Å². The van der Waals surface area contributed by atoms with E-state index >= 15 is 0 Å². The molecule has 128 valence electrons. The first-order chi connectivity index (χ1) is 12.5. The number of aromatic nitrogens is 1. The van der Waals surface area contributed by atoms with Crippen LogP contribution in [0.4, 0.5) is 15.9 Å². The van der Waals surface area contributed by atoms with Gasteiger partial charge in [0.1, 0.15) is 11.6 Å². The average Bonchev–Trinajstić information content (AvgIpc) is 3.39. The molecule has 6 nitrogen and oxygen atoms in total. The van der Waals surface area contributed by atoms with Crippen molar-refractivity contribution in [1.82, 2.24) is 4.98 Å². The van der Waals surface area contributed by atoms with Gasteiger partial charge in [0.05, 0.1) is 22.1 Å². The fourth-order valence-corrected chi connectivity index (χ4v) is 3.14. The van der Waals surface area contributed by atoms with Crippen LogP contribution in [0.15, 0.2) is 48.5 Å². The van der Waals surface area contributed by atoms with Crippen molar-refractivity contribution in [3.63, 3.8) is 0 Å². The second-order valence-electron chi connectivity index (χ2n) is 6.27. The highest BCUT2D eigenvalue weighted by Gasteiger charge is 2.38. The lowest BCUT2D eigenvalue weighted by molar-refractivity contribution is -0.384. The zero-order chi connectivity index (χ0) is 18.3. The molecule has 1 N–H and O–H groups in total. The quantitative estimate of drug-likeness (QED) is 0.565. The maximum absolute atomic E-state index is 13.4. The van der Waals surface area contributed by atoms with Crippen LogP contribution >= 0.6 is 0 Å². The fourth-order valence-electron chi connectivity index (χ4n) is 3.14. The Kier molecular flexibility index (Phi) is 3.73. The van der Waals surface area contributed by atoms with Crippen molar-refractivity contribution in [2.45, 2.75) is 18.4 Å². The molecular weight excluding hydrogens is 335 g/mol. The molecule has 0 radical (unpaired) electrons. The van der Waals surface area contributed by atoms with Crippen molar-refractivity contribution in [3.05, 3.63) is 75.6 Å². The molecule has 1 aliphatic rings. The Morgan fingerprint density at radius 2 is 2.12 bits per heavy atom. The average molecular weight is 348 g/mol. The normalized spacial score (nSPS) is 18.3. The maximum atomic E-state index is 13.4. The summed E-state index contributed by atoms with van der Waals surface area (Å²) in [5, 5.41) is 24.0. The smallest absolute Gasteiger partial charge is 0.270 e. The lowest BCUT2D eigenvalue weighted by Gasteiger charge is -2.08. The van der Waals surface area contributed by atoms with Gasteiger partial charge in [-0.15, -0.1) is 0 Å². The molecule has 2 atom stereocenters. The fraction of sp³-hybridized carbons (Fsp3) is 0.158. The Balaban J connectivity index is 1.61. The first-order valence-electron chi connectivity index (χ1n) is 8.06. The molecule has 0 saturated heterocycles. The number of anilines is 1. The Labute approximate surface area is 148 Å². The molecule has 4 rings (SSSR count). The highest BCUT2D eigenvalue weighted by Crippen LogP contribution is 2.43. The summed E-state index contributed by atoms with van der Waals surface area (Å²) < 4.78 is 13.4. The third-order valence-corrected chi connectivity index (χ3v) is 4.52. The molecular formula is C19H13FN4O2. The van der Waals surface area contributed by atoms with Crippen LogP contribution in [0.25, 0.3) is 10.9 Å². The Morgan fingerprint density at radius 1 is 1.27 bits per heavy atom. The summed E-state index contributed by atoms with van der Waals surface area (Å²) in [6.07, 6.45) is 0.852. The SMILES string of the molecule is N#Cc1cc(N[C@@H]2C[C@H]2c2cccc(F)c2)nc2ccc([N+](=O)[O-])cc12. The van der Waals surface area contributed by atoms with Crippen molar-refractivity contribution in [2.24, 2.45) is 0 Å². The number of hydrogen-bond donors (Lipinski definition) is 1. The lowest BCUT2D eigenvalue weighted by Crippen LogP contribution is -2.06. The summed E-state index contributed by atoms with van der Waals surface area (Å²) >= 11 is 0. The second kappa shape index (κ2) is 6.08. The van der Waals surface area contributed by atoms with Gasteiger partial charge < -0.3 is 5.32 Å². The number of fused-ring (bicyclic) bond motifs is 1. The molecule has 26 heavy (non-hydrogen) atoms. The molecule has 1 fully saturated rings. The van der Waals surface area contributed by atoms with Crippen molar-refractivity contribution >= 4 is 22.4 Å². The summed E-state index contributed by atoms with van der Waals surface area (Å²) in [5.41, 5.74) is 1.69. The monoisotopic (exact) mass is 348 g/mol. The van der Waals surface area contributed by atoms with Gasteiger partial charge in [0.25, 0.3) is 5.69 Å². The predicted molar refractivity (Wildman–Crippen MR) is 94.3 cm³/mol. The molecule has 0 spiro atoms. The van der Waals surface area contributed by atoms with Crippen molar-refractivity contribution in [3.8, 4) is 6.07 Å². The zero-order valence-electron chi connectivity index (χ0n) is 13.5. The van der Waals surface area contributed by atoms with E-state index in [1.165, 1.54) is 30.3 Å². The summed E-state index contributed by atoms with van der Waals surface area (Å²) in [5.74, 6) is 0.475. The second-order valence-corrected chi connectivity index (χ2v) is 6.27. The van der Waals surface area contributed by atoms with E-state index in [-0.39, 0.29) is 23.5 Å². The van der Waals surface area contributed by atoms with Gasteiger partial charge in [-0.1, -0.05) is 12.1 Å². The number of nitro groups is 1. The van der Waals surface area contributed by atoms with Gasteiger partial charge in [0.15, 0.2) is 0 Å². The van der Waals surface area contributed by atoms with Gasteiger partial charge in [-0.3, -0.25) is 10.1 Å². The van der Waals surface area contributed by atoms with E-state index in [1.807, 2.05) is 6.07 Å². The molecule has 0 unspecified atom stereocenters. The van der Waals surface area contributed by atoms with Crippen molar-refractivity contribution in [1.29, 1.82) is 5.26 Å². The number of nitro benzene ring substituents is 1. The van der Waals surface area contributed by atoms with Gasteiger partial charge in [-0.25, -0.2) is 9.37 Å². The van der Waals surface area contributed by atoms with E-state index in [0.717, 1.165) is 12.0 Å². The van der Waals surface area contributed by atoms with E-state index in [9.17, 15) is 19.8 Å². The van der Waals surface area contributed by atoms with E-state index in [4.69, 9.17) is 0 Å². The molecule has 1 heterocycles. The number of nitrogens with one attached hydrogen (secondary N) is 1. The Bertz CT molecular complexity index is 1080. The number of rotatable bonds is 4. The van der Waals surface area contributed by atoms with Crippen molar-refractivity contribution < 1.29 is 9.31 Å². The van der Waals surface area contributed by atoms with Crippen LogP contribution in [0.1, 0.15) is 23.5 Å². The lowest BCUT2D eigenvalue weighted by atomic mass is 10.1. The molecule has 2 aromatic carbocycles. The number of pyridine rings is 1. The minimum absolute atomic E-state index is 0.0788. The molecule has 1 aliphatic carbocycles. The minimum atomic E-state index is -0.499. The van der Waals surface area contributed by atoms with Crippen LogP contribution in [-0.4, -0.2) is 15.9 Å². The highest BCUT2D eigenvalue weighted by atomic mass is 19.1. The largest absolute Gasteiger partial charge is 0.367 e. The summed E-state index contributed by atoms with van der Waals surface area (Å²) in [7, 11) is 0. The number of hydrogen-bond acceptors (Lipinski definition) is 5. The van der Waals surface area contributed by atoms with Gasteiger partial charge >= 0.3 is 0 Å². The number of non-ortho nitro benzene ring substituents is 1. The first-order valence-corrected chi connectivity index (χ1v) is 8.06. The maximum Gasteiger partial charge on any atom is 0.270 e. The predicted octanol–water partition coefficient (Wildman–Crippen LogP) is 4.12. The van der Waals surface area contributed by atoms with Crippen LogP contribution in [-0.2, 0) is 0 Å². The van der Waals surface area contributed by atoms with E-state index in [1.54, 1.807) is 12.1 Å². The molecule has 0 amide bonds. The zero-order valence-corrected chi connectivity index (χ0v) is 13.5. The van der Waals surface area contributed by atoms with Crippen LogP contribution in [0.2, 0.25) is 0 Å². The third-order valence-electron chi connectivity index (χ3n) is 4.52. The molecule has 3 aromatic rings. The molecule has 0 aliphatic heterocycles. The van der Waals surface area contributed by atoms with Gasteiger partial charge in [-0.2, -0.15) is 5.26 Å². The third kappa shape index (κ3) is 2.93. The number of nitrogens with zero attached hydrogens (tertiary/aromatic N) is 3. The Hall–Kier alpha value is -3.53. The van der Waals surface area contributed by atoms with E-state index < -0.39 is 4.92 Å². The van der Waals surface area contributed by atoms with Gasteiger partial charge in [-0.05, 0) is 36.2 Å². The number of nitriles is 1. The minimum Gasteiger partial charge on any atom is -0.367 e. The van der Waals surface area contributed by atoms with E-state index in [2.05, 4.69) is 16.4 Å². The first kappa shape index (κ1) is 16.0. The molecule has 0 bridgehead atoms. The number of benzene rings is 2. The summed E-state index contributed by atoms with van der Waals surface area (Å²) in [4.78, 5) is 14.9. The summed E-state index contributed by atoms with van der Waals surface area (Å²) in [6.45, 7) is 0. The number of halogens is 1. The summed E-state index contributed by atoms with van der Waals surface area (Å²) in [6, 6.07) is 14.6. The van der Waals surface area contributed by atoms with Crippen LogP contribution in [0.5, 0.6) is 0 Å². The van der Waals surface area contributed by atoms with Gasteiger partial charge in [0.2, 0.25) is 0 Å². The molecule has 1 aromatic heterocycles. The highest BCUT2D eigenvalue weighted by molar-refractivity contribution is 5.88. The van der Waals surface area contributed by atoms with E-state index in [0.29, 0.717) is 22.3 Å². The van der Waals surface area contributed by atoms with Gasteiger partial charge in [0, 0.05) is 29.5 Å². The van der Waals surface area contributed by atoms with Crippen molar-refractivity contribution in [2.75, 3.05) is 5.32 Å². The standard InChI is InChI=1S/C19H13FN4O2/c20-13-3-1-2-11(6-13)16-9-18(16)23-19-7-12(10-21)15-8-14(24(25)26)4-5-17(15)22-19/h1-8,16,18H,9H2,(H,22,23)/t16-,18+/m0/s1. The molecule has 1 saturated carbocycles. The van der Waals surface area contributed by atoms with Crippen LogP contribution in [0, 0.1) is 27.3 Å².